The molecule has 2 aliphatic rings. The second-order valence-corrected chi connectivity index (χ2v) is 15.9. The van der Waals surface area contributed by atoms with Gasteiger partial charge in [0, 0.05) is 0 Å². The number of hydrogen-bond donors (Lipinski definition) is 0. The molecule has 1 unspecified atom stereocenters. The molecular formula is C42H54Cl2Zr-2. The second-order valence-electron chi connectivity index (χ2n) is 15.2. The molecule has 0 bridgehead atoms. The zero-order valence-corrected chi connectivity index (χ0v) is 33.8. The smallest absolute Gasteiger partial charge is 1.00 e. The van der Waals surface area contributed by atoms with Gasteiger partial charge in [0.05, 0.1) is 0 Å². The molecule has 0 aromatic heterocycles. The molecule has 5 rings (SSSR count). The molecule has 242 valence electrons. The third-order valence-corrected chi connectivity index (χ3v) is 9.24. The molecule has 45 heavy (non-hydrogen) atoms. The summed E-state index contributed by atoms with van der Waals surface area (Å²) >= 11 is 1.47. The molecule has 0 saturated carbocycles. The first-order chi connectivity index (χ1) is 20.0. The molecule has 3 heteroatoms. The third-order valence-electron chi connectivity index (χ3n) is 8.42. The average Bonchev–Trinajstić information content (AvgIpc) is 3.54. The van der Waals surface area contributed by atoms with E-state index in [1.807, 2.05) is 0 Å². The minimum atomic E-state index is 0. The standard InChI is InChI=1S/C21H25.C13H21.C8H8.2ClH.Zr/c1-20(2,3)16-9-7-14-11-15-8-10-17(21(4,5)6)13-19(15)18(14)12-16;1-6-10-8-11(7-2)12(9-10)13(3,4)5;1-7-3-5-8(2)6-4-7;;;/h7,9-10,12-13H,11H2,1-6H3;9-10H,6-7H2,1-5H3;1,3-6H,2H3;2*1H;/q2*-1;;;;+2/p-2. The van der Waals surface area contributed by atoms with Crippen LogP contribution in [0.25, 0.3) is 11.1 Å². The van der Waals surface area contributed by atoms with Gasteiger partial charge in [-0.05, 0) is 17.4 Å². The summed E-state index contributed by atoms with van der Waals surface area (Å²) in [4.78, 5) is 0. The molecule has 0 saturated heterocycles. The van der Waals surface area contributed by atoms with E-state index in [1.54, 1.807) is 0 Å². The van der Waals surface area contributed by atoms with E-state index in [4.69, 9.17) is 0 Å². The van der Waals surface area contributed by atoms with Crippen LogP contribution in [0.15, 0.2) is 71.8 Å². The van der Waals surface area contributed by atoms with Crippen molar-refractivity contribution in [2.75, 3.05) is 0 Å². The first kappa shape index (κ1) is 41.5. The van der Waals surface area contributed by atoms with Gasteiger partial charge in [-0.15, -0.1) is 5.56 Å². The molecule has 3 aromatic carbocycles. The van der Waals surface area contributed by atoms with Crippen molar-refractivity contribution in [3.63, 3.8) is 0 Å². The average molecular weight is 721 g/mol. The molecule has 0 nitrogen and oxygen atoms in total. The van der Waals surface area contributed by atoms with Crippen LogP contribution in [0.4, 0.5) is 0 Å². The molecule has 0 heterocycles. The predicted octanol–water partition coefficient (Wildman–Crippen LogP) is 5.49. The first-order valence-electron chi connectivity index (χ1n) is 16.1. The number of hydrogen-bond acceptors (Lipinski definition) is 0. The number of benzene rings is 3. The topological polar surface area (TPSA) is 0 Å². The fraction of sp³-hybridized carbons (Fsp3) is 0.452. The van der Waals surface area contributed by atoms with E-state index in [0.29, 0.717) is 11.3 Å². The number of aryl methyl sites for hydroxylation is 1. The SMILES string of the molecule is CC(C)(C)c1c[c-]c2c(c1)-c1cc(C(C)(C)C)ccc1C2.CCC1=[C-]C(CC)C=C1C(C)(C)C.Cc1ccc([CH]=[Zr+2])cc1.[Cl-].[Cl-]. The van der Waals surface area contributed by atoms with Crippen LogP contribution in [-0.2, 0) is 41.5 Å². The van der Waals surface area contributed by atoms with Gasteiger partial charge in [0.2, 0.25) is 0 Å². The Balaban J connectivity index is 0.000000363. The minimum absolute atomic E-state index is 0. The zero-order chi connectivity index (χ0) is 32.2. The Kier molecular flexibility index (Phi) is 15.7. The Morgan fingerprint density at radius 1 is 0.778 bits per heavy atom. The van der Waals surface area contributed by atoms with E-state index in [9.17, 15) is 0 Å². The molecule has 2 aliphatic carbocycles. The maximum atomic E-state index is 3.57. The summed E-state index contributed by atoms with van der Waals surface area (Å²) < 4.78 is 2.19. The maximum absolute atomic E-state index is 3.57. The second kappa shape index (κ2) is 17.0. The largest absolute Gasteiger partial charge is 1.00 e. The van der Waals surface area contributed by atoms with E-state index in [0.717, 1.165) is 12.8 Å². The summed E-state index contributed by atoms with van der Waals surface area (Å²) in [7, 11) is 0. The van der Waals surface area contributed by atoms with Gasteiger partial charge in [0.25, 0.3) is 0 Å². The zero-order valence-electron chi connectivity index (χ0n) is 29.8. The van der Waals surface area contributed by atoms with Crippen LogP contribution in [0.1, 0.15) is 122 Å². The summed E-state index contributed by atoms with van der Waals surface area (Å²) in [6, 6.07) is 23.6. The molecule has 1 atom stereocenters. The fourth-order valence-corrected chi connectivity index (χ4v) is 5.98. The Hall–Kier alpha value is -1.53. The number of allylic oxidation sites excluding steroid dienone is 4. The predicted molar refractivity (Wildman–Crippen MR) is 186 cm³/mol. The van der Waals surface area contributed by atoms with Crippen molar-refractivity contribution in [3.05, 3.63) is 117 Å². The molecule has 0 N–H and O–H groups in total. The molecule has 0 aliphatic heterocycles. The Morgan fingerprint density at radius 3 is 1.82 bits per heavy atom. The number of halogens is 2. The van der Waals surface area contributed by atoms with Crippen LogP contribution in [0.5, 0.6) is 0 Å². The molecule has 0 fully saturated rings. The Bertz CT molecular complexity index is 1410. The van der Waals surface area contributed by atoms with E-state index in [1.165, 1.54) is 86.3 Å². The van der Waals surface area contributed by atoms with Crippen LogP contribution >= 0.6 is 0 Å². The van der Waals surface area contributed by atoms with Gasteiger partial charge < -0.3 is 24.8 Å². The Labute approximate surface area is 303 Å². The molecule has 3 aromatic rings. The van der Waals surface area contributed by atoms with E-state index < -0.39 is 0 Å². The third kappa shape index (κ3) is 11.3. The number of fused-ring (bicyclic) bond motifs is 3. The van der Waals surface area contributed by atoms with Gasteiger partial charge in [-0.25, -0.2) is 5.57 Å². The maximum Gasteiger partial charge on any atom is -1.00 e. The van der Waals surface area contributed by atoms with Crippen LogP contribution in [0, 0.1) is 30.4 Å². The van der Waals surface area contributed by atoms with Gasteiger partial charge in [-0.2, -0.15) is 41.0 Å². The molecule has 0 spiro atoms. The van der Waals surface area contributed by atoms with Crippen molar-refractivity contribution in [3.8, 4) is 11.1 Å². The van der Waals surface area contributed by atoms with E-state index >= 15 is 0 Å². The van der Waals surface area contributed by atoms with Crippen LogP contribution in [0.3, 0.4) is 0 Å². The number of rotatable bonds is 3. The van der Waals surface area contributed by atoms with Crippen molar-refractivity contribution >= 4 is 3.71 Å². The quantitative estimate of drug-likeness (QED) is 0.246. The van der Waals surface area contributed by atoms with Crippen LogP contribution in [0.2, 0.25) is 0 Å². The summed E-state index contributed by atoms with van der Waals surface area (Å²) in [5.41, 5.74) is 14.7. The van der Waals surface area contributed by atoms with E-state index in [2.05, 4.69) is 160 Å². The summed E-state index contributed by atoms with van der Waals surface area (Å²) in [5.74, 6) is 0.573. The van der Waals surface area contributed by atoms with Gasteiger partial charge in [-0.1, -0.05) is 135 Å². The summed E-state index contributed by atoms with van der Waals surface area (Å²) in [6.45, 7) is 27.1. The van der Waals surface area contributed by atoms with E-state index in [-0.39, 0.29) is 35.6 Å². The van der Waals surface area contributed by atoms with Crippen LogP contribution < -0.4 is 24.8 Å². The van der Waals surface area contributed by atoms with Crippen LogP contribution in [-0.4, -0.2) is 3.71 Å². The molecule has 0 radical (unpaired) electrons. The monoisotopic (exact) mass is 718 g/mol. The van der Waals surface area contributed by atoms with Gasteiger partial charge >= 0.3 is 70.3 Å². The van der Waals surface area contributed by atoms with Gasteiger partial charge in [-0.3, -0.25) is 6.08 Å². The normalized spacial score (nSPS) is 15.0. The van der Waals surface area contributed by atoms with Gasteiger partial charge in [0.15, 0.2) is 0 Å². The van der Waals surface area contributed by atoms with Crippen molar-refractivity contribution in [2.45, 2.75) is 113 Å². The van der Waals surface area contributed by atoms with Gasteiger partial charge in [0.1, 0.15) is 0 Å². The molecular weight excluding hydrogens is 667 g/mol. The summed E-state index contributed by atoms with van der Waals surface area (Å²) in [6.07, 6.45) is 9.31. The minimum Gasteiger partial charge on any atom is -1.00 e. The van der Waals surface area contributed by atoms with Crippen molar-refractivity contribution in [1.82, 2.24) is 0 Å². The summed E-state index contributed by atoms with van der Waals surface area (Å²) in [5, 5.41) is 0. The first-order valence-corrected chi connectivity index (χ1v) is 17.5. The van der Waals surface area contributed by atoms with Crippen molar-refractivity contribution < 1.29 is 49.0 Å². The van der Waals surface area contributed by atoms with Crippen molar-refractivity contribution in [2.24, 2.45) is 11.3 Å². The van der Waals surface area contributed by atoms with Crippen molar-refractivity contribution in [1.29, 1.82) is 0 Å². The molecule has 0 amide bonds. The Morgan fingerprint density at radius 2 is 1.36 bits per heavy atom. The fourth-order valence-electron chi connectivity index (χ4n) is 5.51.